The number of benzene rings is 1. The minimum Gasteiger partial charge on any atom is -0.348 e. The largest absolute Gasteiger partial charge is 0.348 e. The maximum atomic E-state index is 4.57. The van der Waals surface area contributed by atoms with Gasteiger partial charge in [0.15, 0.2) is 0 Å². The van der Waals surface area contributed by atoms with E-state index in [1.807, 2.05) is 36.8 Å². The summed E-state index contributed by atoms with van der Waals surface area (Å²) in [5.41, 5.74) is 3.48. The van der Waals surface area contributed by atoms with Crippen molar-refractivity contribution in [2.24, 2.45) is 0 Å². The van der Waals surface area contributed by atoms with Gasteiger partial charge in [-0.1, -0.05) is 42.5 Å². The van der Waals surface area contributed by atoms with Crippen LogP contribution in [0.5, 0.6) is 0 Å². The molecule has 0 amide bonds. The molecule has 0 bridgehead atoms. The Morgan fingerprint density at radius 2 is 1.28 bits per heavy atom. The molecular weight excluding hydrogens is 308 g/mol. The highest BCUT2D eigenvalue weighted by Crippen LogP contribution is 2.40. The van der Waals surface area contributed by atoms with Gasteiger partial charge in [0.25, 0.3) is 0 Å². The molecule has 122 valence electrons. The fourth-order valence-corrected chi connectivity index (χ4v) is 3.31. The zero-order valence-electron chi connectivity index (χ0n) is 13.7. The minimum atomic E-state index is 0.0459. The van der Waals surface area contributed by atoms with E-state index in [1.54, 1.807) is 18.6 Å². The van der Waals surface area contributed by atoms with Gasteiger partial charge in [-0.15, -0.1) is 0 Å². The Morgan fingerprint density at radius 3 is 1.80 bits per heavy atom. The summed E-state index contributed by atoms with van der Waals surface area (Å²) in [6.07, 6.45) is 11.1. The Morgan fingerprint density at radius 1 is 0.640 bits per heavy atom. The Kier molecular flexibility index (Phi) is 4.33. The molecule has 1 aromatic carbocycles. The molecule has 0 spiro atoms. The van der Waals surface area contributed by atoms with Crippen molar-refractivity contribution < 1.29 is 0 Å². The topological polar surface area (TPSA) is 54.5 Å². The Bertz CT molecular complexity index is 851. The summed E-state index contributed by atoms with van der Waals surface area (Å²) in [6.45, 7) is 0. The van der Waals surface area contributed by atoms with Crippen molar-refractivity contribution in [2.45, 2.75) is 11.8 Å². The SMILES string of the molecule is c1ccc(C(c2ncc[nH]2)C(c2cccnc2)c2cccnc2)cc1. The van der Waals surface area contributed by atoms with Crippen LogP contribution in [0, 0.1) is 0 Å². The monoisotopic (exact) mass is 326 g/mol. The quantitative estimate of drug-likeness (QED) is 0.599. The van der Waals surface area contributed by atoms with Crippen LogP contribution in [0.1, 0.15) is 34.4 Å². The average Bonchev–Trinajstić information content (AvgIpc) is 3.22. The normalized spacial score (nSPS) is 12.2. The van der Waals surface area contributed by atoms with Gasteiger partial charge in [0.05, 0.1) is 5.92 Å². The summed E-state index contributed by atoms with van der Waals surface area (Å²) in [5, 5.41) is 0. The maximum Gasteiger partial charge on any atom is 0.114 e. The van der Waals surface area contributed by atoms with Gasteiger partial charge in [0, 0.05) is 43.1 Å². The van der Waals surface area contributed by atoms with Crippen LogP contribution in [-0.2, 0) is 0 Å². The summed E-state index contributed by atoms with van der Waals surface area (Å²) in [6, 6.07) is 18.6. The molecule has 0 aliphatic carbocycles. The summed E-state index contributed by atoms with van der Waals surface area (Å²) in [4.78, 5) is 16.5. The van der Waals surface area contributed by atoms with E-state index in [9.17, 15) is 0 Å². The molecule has 0 aliphatic rings. The number of hydrogen-bond donors (Lipinski definition) is 1. The Balaban J connectivity index is 1.91. The van der Waals surface area contributed by atoms with Crippen LogP contribution in [0.2, 0.25) is 0 Å². The van der Waals surface area contributed by atoms with Crippen molar-refractivity contribution in [1.29, 1.82) is 0 Å². The molecule has 0 saturated carbocycles. The van der Waals surface area contributed by atoms with Gasteiger partial charge >= 0.3 is 0 Å². The number of hydrogen-bond acceptors (Lipinski definition) is 3. The highest BCUT2D eigenvalue weighted by atomic mass is 14.9. The lowest BCUT2D eigenvalue weighted by Crippen LogP contribution is -2.16. The van der Waals surface area contributed by atoms with Gasteiger partial charge in [0.2, 0.25) is 0 Å². The highest BCUT2D eigenvalue weighted by molar-refractivity contribution is 5.40. The molecule has 1 N–H and O–H groups in total. The van der Waals surface area contributed by atoms with Gasteiger partial charge in [-0.3, -0.25) is 9.97 Å². The number of pyridine rings is 2. The minimum absolute atomic E-state index is 0.0459. The number of nitrogens with one attached hydrogen (secondary N) is 1. The van der Waals surface area contributed by atoms with E-state index in [2.05, 4.69) is 56.3 Å². The first-order chi connectivity index (χ1) is 12.4. The number of imidazole rings is 1. The molecule has 4 heteroatoms. The third-order valence-electron chi connectivity index (χ3n) is 4.39. The second-order valence-electron chi connectivity index (χ2n) is 5.91. The van der Waals surface area contributed by atoms with E-state index in [0.717, 1.165) is 17.0 Å². The van der Waals surface area contributed by atoms with Crippen molar-refractivity contribution in [3.63, 3.8) is 0 Å². The lowest BCUT2D eigenvalue weighted by Gasteiger charge is -2.27. The van der Waals surface area contributed by atoms with Crippen LogP contribution in [0.3, 0.4) is 0 Å². The van der Waals surface area contributed by atoms with Gasteiger partial charge < -0.3 is 4.98 Å². The van der Waals surface area contributed by atoms with Gasteiger partial charge in [-0.2, -0.15) is 0 Å². The van der Waals surface area contributed by atoms with Crippen molar-refractivity contribution in [1.82, 2.24) is 19.9 Å². The maximum absolute atomic E-state index is 4.57. The predicted molar refractivity (Wildman–Crippen MR) is 97.2 cm³/mol. The molecule has 4 rings (SSSR count). The number of rotatable bonds is 5. The molecule has 4 nitrogen and oxygen atoms in total. The molecule has 4 aromatic rings. The van der Waals surface area contributed by atoms with Gasteiger partial charge in [-0.05, 0) is 28.8 Å². The molecule has 3 aromatic heterocycles. The molecule has 3 heterocycles. The van der Waals surface area contributed by atoms with E-state index < -0.39 is 0 Å². The summed E-state index contributed by atoms with van der Waals surface area (Å²) < 4.78 is 0. The fraction of sp³-hybridized carbons (Fsp3) is 0.0952. The molecule has 1 unspecified atom stereocenters. The smallest absolute Gasteiger partial charge is 0.114 e. The Hall–Kier alpha value is -3.27. The van der Waals surface area contributed by atoms with Gasteiger partial charge in [-0.25, -0.2) is 4.98 Å². The Labute approximate surface area is 146 Å². The molecule has 0 radical (unpaired) electrons. The molecule has 1 atom stereocenters. The van der Waals surface area contributed by atoms with Crippen LogP contribution >= 0.6 is 0 Å². The zero-order valence-corrected chi connectivity index (χ0v) is 13.7. The molecular formula is C21H18N4. The van der Waals surface area contributed by atoms with Crippen molar-refractivity contribution >= 4 is 0 Å². The van der Waals surface area contributed by atoms with E-state index in [0.29, 0.717) is 0 Å². The lowest BCUT2D eigenvalue weighted by molar-refractivity contribution is 0.655. The average molecular weight is 326 g/mol. The van der Waals surface area contributed by atoms with E-state index in [-0.39, 0.29) is 11.8 Å². The fourth-order valence-electron chi connectivity index (χ4n) is 3.31. The lowest BCUT2D eigenvalue weighted by atomic mass is 9.77. The molecule has 0 aliphatic heterocycles. The third kappa shape index (κ3) is 3.19. The van der Waals surface area contributed by atoms with Crippen LogP contribution in [0.25, 0.3) is 0 Å². The third-order valence-corrected chi connectivity index (χ3v) is 4.39. The van der Waals surface area contributed by atoms with E-state index >= 15 is 0 Å². The van der Waals surface area contributed by atoms with Crippen LogP contribution in [0.4, 0.5) is 0 Å². The molecule has 25 heavy (non-hydrogen) atoms. The van der Waals surface area contributed by atoms with Gasteiger partial charge in [0.1, 0.15) is 5.82 Å². The predicted octanol–water partition coefficient (Wildman–Crippen LogP) is 4.16. The van der Waals surface area contributed by atoms with E-state index in [1.165, 1.54) is 5.56 Å². The van der Waals surface area contributed by atoms with Crippen LogP contribution in [0.15, 0.2) is 91.8 Å². The van der Waals surface area contributed by atoms with Crippen molar-refractivity contribution in [3.05, 3.63) is 114 Å². The first-order valence-electron chi connectivity index (χ1n) is 8.27. The summed E-state index contributed by atoms with van der Waals surface area (Å²) in [5.74, 6) is 1.05. The summed E-state index contributed by atoms with van der Waals surface area (Å²) >= 11 is 0. The number of H-pyrrole nitrogens is 1. The zero-order chi connectivity index (χ0) is 16.9. The first-order valence-corrected chi connectivity index (χ1v) is 8.27. The first kappa shape index (κ1) is 15.3. The van der Waals surface area contributed by atoms with Crippen molar-refractivity contribution in [2.75, 3.05) is 0 Å². The number of nitrogens with zero attached hydrogens (tertiary/aromatic N) is 3. The second kappa shape index (κ2) is 7.09. The molecule has 0 fully saturated rings. The standard InChI is InChI=1S/C21H18N4/c1-2-6-16(7-3-1)20(21-24-12-13-25-21)19(17-8-4-10-22-14-17)18-9-5-11-23-15-18/h1-15,19-20H,(H,24,25). The van der Waals surface area contributed by atoms with Crippen molar-refractivity contribution in [3.8, 4) is 0 Å². The van der Waals surface area contributed by atoms with Crippen LogP contribution in [-0.4, -0.2) is 19.9 Å². The summed E-state index contributed by atoms with van der Waals surface area (Å²) in [7, 11) is 0. The molecule has 0 saturated heterocycles. The second-order valence-corrected chi connectivity index (χ2v) is 5.91. The highest BCUT2D eigenvalue weighted by Gasteiger charge is 2.30. The van der Waals surface area contributed by atoms with Crippen LogP contribution < -0.4 is 0 Å². The van der Waals surface area contributed by atoms with E-state index in [4.69, 9.17) is 0 Å². The number of aromatic nitrogens is 4. The number of aromatic amines is 1.